The molecule has 56 heavy (non-hydrogen) atoms. The van der Waals surface area contributed by atoms with Gasteiger partial charge in [0.15, 0.2) is 0 Å². The Balaban J connectivity index is 1.46. The number of aryl methyl sites for hydroxylation is 1. The molecule has 0 aromatic heterocycles. The molecular weight excluding hydrogens is 705 g/mol. The summed E-state index contributed by atoms with van der Waals surface area (Å²) in [6.07, 6.45) is 4.40. The van der Waals surface area contributed by atoms with Crippen LogP contribution < -0.4 is 16.0 Å². The number of rotatable bonds is 14. The Morgan fingerprint density at radius 1 is 0.893 bits per heavy atom. The van der Waals surface area contributed by atoms with E-state index in [-0.39, 0.29) is 29.5 Å². The molecule has 306 valence electrons. The van der Waals surface area contributed by atoms with Crippen molar-refractivity contribution in [3.05, 3.63) is 82.9 Å². The molecule has 0 saturated carbocycles. The minimum Gasteiger partial charge on any atom is -0.348 e. The highest BCUT2D eigenvalue weighted by Gasteiger charge is 2.44. The normalized spacial score (nSPS) is 19.7. The summed E-state index contributed by atoms with van der Waals surface area (Å²) in [5, 5.41) is 9.03. The maximum atomic E-state index is 14.3. The zero-order valence-corrected chi connectivity index (χ0v) is 35.6. The van der Waals surface area contributed by atoms with Gasteiger partial charge in [-0.25, -0.2) is 0 Å². The fourth-order valence-corrected chi connectivity index (χ4v) is 8.40. The molecule has 0 radical (unpaired) electrons. The highest BCUT2D eigenvalue weighted by atomic mass is 16.2. The first-order valence-electron chi connectivity index (χ1n) is 20.2. The van der Waals surface area contributed by atoms with Crippen molar-refractivity contribution in [2.75, 3.05) is 27.2 Å². The monoisotopic (exact) mass is 771 g/mol. The van der Waals surface area contributed by atoms with Crippen LogP contribution in [0, 0.1) is 18.3 Å². The average molecular weight is 771 g/mol. The number of carbonyl (C=O) groups excluding carboxylic acids is 5. The Hall–Kier alpha value is -4.35. The highest BCUT2D eigenvalue weighted by molar-refractivity contribution is 6.03. The van der Waals surface area contributed by atoms with Crippen molar-refractivity contribution in [3.63, 3.8) is 0 Å². The quantitative estimate of drug-likeness (QED) is 0.180. The second-order valence-electron chi connectivity index (χ2n) is 17.8. The fraction of sp³-hybridized carbons (Fsp3) is 0.578. The average Bonchev–Trinajstić information content (AvgIpc) is 3.81. The van der Waals surface area contributed by atoms with Gasteiger partial charge >= 0.3 is 0 Å². The van der Waals surface area contributed by atoms with E-state index in [9.17, 15) is 24.0 Å². The lowest BCUT2D eigenvalue weighted by Gasteiger charge is -2.42. The molecule has 2 saturated heterocycles. The van der Waals surface area contributed by atoms with E-state index in [2.05, 4.69) is 26.9 Å². The van der Waals surface area contributed by atoms with Crippen LogP contribution in [0.25, 0.3) is 0 Å². The summed E-state index contributed by atoms with van der Waals surface area (Å²) in [6, 6.07) is 15.0. The maximum Gasteiger partial charge on any atom is 0.249 e. The standard InChI is InChI=1S/C45H66N6O5/c1-29(2)34(47-41(54)38(44(5,6)7)49(11)43(56)37(46-10)45(8,9)33-21-15-18-30(3)26-33)27-31(4)42(55)51-25-17-23-36(51)40(53)48-39(52)35-22-16-24-50(35)28-32-19-13-12-14-20-32/h12-15,18-21,26-27,29,34-38,46H,16-17,22-25,28H2,1-11H3,(H,47,54)(H,48,52,53)/t34-,35-,36-,37-,38-/m1/s1. The van der Waals surface area contributed by atoms with E-state index < -0.39 is 46.9 Å². The summed E-state index contributed by atoms with van der Waals surface area (Å²) in [4.78, 5) is 74.6. The first-order chi connectivity index (χ1) is 26.3. The summed E-state index contributed by atoms with van der Waals surface area (Å²) >= 11 is 0. The van der Waals surface area contributed by atoms with Gasteiger partial charge in [-0.05, 0) is 75.6 Å². The molecule has 2 aromatic carbocycles. The van der Waals surface area contributed by atoms with Gasteiger partial charge in [0, 0.05) is 31.1 Å². The molecule has 0 bridgehead atoms. The molecule has 5 atom stereocenters. The smallest absolute Gasteiger partial charge is 0.249 e. The molecule has 2 heterocycles. The van der Waals surface area contributed by atoms with Gasteiger partial charge in [-0.3, -0.25) is 34.2 Å². The third kappa shape index (κ3) is 10.5. The second-order valence-corrected chi connectivity index (χ2v) is 17.8. The van der Waals surface area contributed by atoms with Gasteiger partial charge in [0.25, 0.3) is 0 Å². The number of nitrogens with one attached hydrogen (secondary N) is 3. The van der Waals surface area contributed by atoms with Gasteiger partial charge in [0.05, 0.1) is 18.1 Å². The summed E-state index contributed by atoms with van der Waals surface area (Å²) in [6.45, 7) is 19.3. The van der Waals surface area contributed by atoms with Crippen LogP contribution in [-0.4, -0.2) is 102 Å². The summed E-state index contributed by atoms with van der Waals surface area (Å²) in [5.41, 5.74) is 2.42. The lowest BCUT2D eigenvalue weighted by molar-refractivity contribution is -0.145. The topological polar surface area (TPSA) is 131 Å². The molecule has 2 fully saturated rings. The number of amides is 5. The molecule has 2 aromatic rings. The zero-order valence-electron chi connectivity index (χ0n) is 35.6. The van der Waals surface area contributed by atoms with E-state index in [1.807, 2.05) is 104 Å². The van der Waals surface area contributed by atoms with Crippen molar-refractivity contribution >= 4 is 29.5 Å². The molecule has 11 heteroatoms. The lowest BCUT2D eigenvalue weighted by Crippen LogP contribution is -2.61. The lowest BCUT2D eigenvalue weighted by atomic mass is 9.76. The van der Waals surface area contributed by atoms with Crippen LogP contribution >= 0.6 is 0 Å². The predicted octanol–water partition coefficient (Wildman–Crippen LogP) is 5.12. The van der Waals surface area contributed by atoms with Crippen molar-refractivity contribution in [1.29, 1.82) is 0 Å². The number of hydrogen-bond donors (Lipinski definition) is 3. The van der Waals surface area contributed by atoms with E-state index in [0.29, 0.717) is 37.9 Å². The van der Waals surface area contributed by atoms with Gasteiger partial charge in [-0.2, -0.15) is 0 Å². The van der Waals surface area contributed by atoms with Crippen LogP contribution in [0.3, 0.4) is 0 Å². The van der Waals surface area contributed by atoms with Gasteiger partial charge < -0.3 is 20.4 Å². The van der Waals surface area contributed by atoms with Crippen molar-refractivity contribution < 1.29 is 24.0 Å². The SMILES string of the molecule is CN[C@H](C(=O)N(C)[C@H](C(=O)N[C@H](C=C(C)C(=O)N1CCC[C@@H]1C(=O)NC(=O)[C@H]1CCCN1Cc1ccccc1)C(C)C)C(C)(C)C)C(C)(C)c1cccc(C)c1. The van der Waals surface area contributed by atoms with Crippen LogP contribution in [0.1, 0.15) is 97.8 Å². The largest absolute Gasteiger partial charge is 0.348 e. The van der Waals surface area contributed by atoms with Crippen LogP contribution in [0.15, 0.2) is 66.2 Å². The molecular formula is C45H66N6O5. The number of carbonyl (C=O) groups is 5. The third-order valence-electron chi connectivity index (χ3n) is 11.6. The molecule has 0 unspecified atom stereocenters. The predicted molar refractivity (Wildman–Crippen MR) is 221 cm³/mol. The van der Waals surface area contributed by atoms with E-state index in [1.54, 1.807) is 36.9 Å². The molecule has 0 spiro atoms. The van der Waals surface area contributed by atoms with Gasteiger partial charge in [-0.1, -0.05) is 115 Å². The van der Waals surface area contributed by atoms with E-state index in [4.69, 9.17) is 0 Å². The number of imide groups is 1. The van der Waals surface area contributed by atoms with E-state index in [1.165, 1.54) is 0 Å². The fourth-order valence-electron chi connectivity index (χ4n) is 8.40. The Morgan fingerprint density at radius 2 is 1.52 bits per heavy atom. The van der Waals surface area contributed by atoms with Crippen molar-refractivity contribution in [1.82, 2.24) is 30.7 Å². The summed E-state index contributed by atoms with van der Waals surface area (Å²) in [7, 11) is 3.45. The van der Waals surface area contributed by atoms with Gasteiger partial charge in [-0.15, -0.1) is 0 Å². The van der Waals surface area contributed by atoms with E-state index in [0.717, 1.165) is 29.7 Å². The Morgan fingerprint density at radius 3 is 2.12 bits per heavy atom. The molecule has 4 rings (SSSR count). The number of hydrogen-bond acceptors (Lipinski definition) is 7. The maximum absolute atomic E-state index is 14.3. The number of benzene rings is 2. The zero-order chi connectivity index (χ0) is 41.5. The molecule has 3 N–H and O–H groups in total. The first kappa shape index (κ1) is 44.4. The summed E-state index contributed by atoms with van der Waals surface area (Å²) in [5.74, 6) is -1.71. The van der Waals surface area contributed by atoms with Crippen molar-refractivity contribution in [3.8, 4) is 0 Å². The van der Waals surface area contributed by atoms with E-state index >= 15 is 0 Å². The summed E-state index contributed by atoms with van der Waals surface area (Å²) < 4.78 is 0. The molecule has 5 amide bonds. The minimum atomic E-state index is -0.822. The number of nitrogens with zero attached hydrogens (tertiary/aromatic N) is 3. The Labute approximate surface area is 335 Å². The van der Waals surface area contributed by atoms with Crippen LogP contribution in [-0.2, 0) is 35.9 Å². The minimum absolute atomic E-state index is 0.0887. The number of likely N-dealkylation sites (N-methyl/N-ethyl adjacent to an activating group) is 2. The van der Waals surface area contributed by atoms with Crippen LogP contribution in [0.5, 0.6) is 0 Å². The molecule has 2 aliphatic rings. The Kier molecular flexibility index (Phi) is 14.8. The van der Waals surface area contributed by atoms with Crippen LogP contribution in [0.4, 0.5) is 0 Å². The van der Waals surface area contributed by atoms with Crippen LogP contribution in [0.2, 0.25) is 0 Å². The third-order valence-corrected chi connectivity index (χ3v) is 11.6. The second kappa shape index (κ2) is 18.7. The van der Waals surface area contributed by atoms with Gasteiger partial charge in [0.1, 0.15) is 12.1 Å². The molecule has 2 aliphatic heterocycles. The van der Waals surface area contributed by atoms with Crippen molar-refractivity contribution in [2.24, 2.45) is 11.3 Å². The van der Waals surface area contributed by atoms with Crippen molar-refractivity contribution in [2.45, 2.75) is 130 Å². The first-order valence-corrected chi connectivity index (χ1v) is 20.2. The molecule has 11 nitrogen and oxygen atoms in total. The number of likely N-dealkylation sites (tertiary alicyclic amines) is 2. The molecule has 0 aliphatic carbocycles. The Bertz CT molecular complexity index is 1750. The highest BCUT2D eigenvalue weighted by Crippen LogP contribution is 2.32. The van der Waals surface area contributed by atoms with Gasteiger partial charge in [0.2, 0.25) is 29.5 Å².